The molecule has 2 aliphatic heterocycles. The Kier molecular flexibility index (Phi) is 8.65. The number of amides is 1. The molecule has 0 aliphatic carbocycles. The Bertz CT molecular complexity index is 1250. The number of aliphatic hydroxyl groups is 2. The SMILES string of the molecule is O=C(c1ccc2cc[nH]c2c1)N1CCCCC2(CCN(Cc3ccccc3)CC2)C(=O)OC[C@@H](O)[C@@H](O)CC1. The highest BCUT2D eigenvalue weighted by Gasteiger charge is 2.42. The number of hydrogen-bond donors (Lipinski definition) is 3. The molecule has 0 unspecified atom stereocenters. The molecule has 0 saturated carbocycles. The van der Waals surface area contributed by atoms with Crippen molar-refractivity contribution in [1.29, 1.82) is 0 Å². The molecule has 2 atom stereocenters. The van der Waals surface area contributed by atoms with Gasteiger partial charge in [-0.15, -0.1) is 0 Å². The van der Waals surface area contributed by atoms with Gasteiger partial charge in [0.05, 0.1) is 11.5 Å². The molecule has 1 aromatic heterocycles. The number of H-pyrrole nitrogens is 1. The van der Waals surface area contributed by atoms with E-state index >= 15 is 0 Å². The van der Waals surface area contributed by atoms with Crippen LogP contribution in [0.5, 0.6) is 0 Å². The molecule has 39 heavy (non-hydrogen) atoms. The topological polar surface area (TPSA) is 106 Å². The van der Waals surface area contributed by atoms with Crippen molar-refractivity contribution in [3.8, 4) is 0 Å². The van der Waals surface area contributed by atoms with Gasteiger partial charge in [0, 0.05) is 36.9 Å². The van der Waals surface area contributed by atoms with E-state index in [2.05, 4.69) is 22.0 Å². The van der Waals surface area contributed by atoms with Gasteiger partial charge < -0.3 is 24.8 Å². The number of hydrogen-bond acceptors (Lipinski definition) is 6. The molecule has 208 valence electrons. The van der Waals surface area contributed by atoms with Crippen molar-refractivity contribution in [2.45, 2.75) is 57.3 Å². The number of likely N-dealkylation sites (tertiary alicyclic amines) is 1. The van der Waals surface area contributed by atoms with Gasteiger partial charge >= 0.3 is 5.97 Å². The predicted octanol–water partition coefficient (Wildman–Crippen LogP) is 3.73. The Hall–Kier alpha value is -3.20. The van der Waals surface area contributed by atoms with Crippen LogP contribution in [0.2, 0.25) is 0 Å². The first-order valence-electron chi connectivity index (χ1n) is 14.1. The normalized spacial score (nSPS) is 23.5. The van der Waals surface area contributed by atoms with Crippen LogP contribution in [0.25, 0.3) is 10.9 Å². The first-order chi connectivity index (χ1) is 18.9. The van der Waals surface area contributed by atoms with Crippen LogP contribution in [0.15, 0.2) is 60.8 Å². The van der Waals surface area contributed by atoms with Gasteiger partial charge in [0.15, 0.2) is 0 Å². The summed E-state index contributed by atoms with van der Waals surface area (Å²) >= 11 is 0. The van der Waals surface area contributed by atoms with Crippen LogP contribution < -0.4 is 0 Å². The molecular formula is C31H39N3O5. The molecule has 3 N–H and O–H groups in total. The van der Waals surface area contributed by atoms with Crippen LogP contribution in [0.1, 0.15) is 54.4 Å². The van der Waals surface area contributed by atoms with Crippen molar-refractivity contribution in [1.82, 2.24) is 14.8 Å². The Labute approximate surface area is 229 Å². The quantitative estimate of drug-likeness (QED) is 0.443. The van der Waals surface area contributed by atoms with E-state index in [1.807, 2.05) is 48.7 Å². The fourth-order valence-electron chi connectivity index (χ4n) is 5.89. The molecule has 0 bridgehead atoms. The summed E-state index contributed by atoms with van der Waals surface area (Å²) in [6.45, 7) is 3.03. The highest BCUT2D eigenvalue weighted by Crippen LogP contribution is 2.39. The van der Waals surface area contributed by atoms with Gasteiger partial charge in [0.25, 0.3) is 5.91 Å². The molecule has 1 amide bonds. The minimum atomic E-state index is -1.20. The van der Waals surface area contributed by atoms with Crippen LogP contribution >= 0.6 is 0 Å². The van der Waals surface area contributed by atoms with E-state index in [1.165, 1.54) is 5.56 Å². The van der Waals surface area contributed by atoms with Gasteiger partial charge in [-0.2, -0.15) is 0 Å². The summed E-state index contributed by atoms with van der Waals surface area (Å²) in [6, 6.07) is 17.9. The smallest absolute Gasteiger partial charge is 0.312 e. The fraction of sp³-hybridized carbons (Fsp3) is 0.484. The monoisotopic (exact) mass is 533 g/mol. The van der Waals surface area contributed by atoms with Gasteiger partial charge in [-0.1, -0.05) is 42.8 Å². The number of aromatic nitrogens is 1. The van der Waals surface area contributed by atoms with Crippen LogP contribution in [0.3, 0.4) is 0 Å². The second-order valence-electron chi connectivity index (χ2n) is 11.1. The van der Waals surface area contributed by atoms with Crippen molar-refractivity contribution >= 4 is 22.8 Å². The third-order valence-electron chi connectivity index (χ3n) is 8.44. The zero-order valence-electron chi connectivity index (χ0n) is 22.4. The van der Waals surface area contributed by atoms with Crippen LogP contribution in [-0.2, 0) is 16.1 Å². The van der Waals surface area contributed by atoms with E-state index < -0.39 is 17.6 Å². The molecule has 2 fully saturated rings. The maximum absolute atomic E-state index is 13.5. The van der Waals surface area contributed by atoms with Crippen LogP contribution in [-0.4, -0.2) is 81.9 Å². The average Bonchev–Trinajstić information content (AvgIpc) is 3.44. The van der Waals surface area contributed by atoms with Gasteiger partial charge in [-0.05, 0) is 74.3 Å². The standard InChI is InChI=1S/C31H39N3O5/c35-27-11-17-34(29(37)25-9-8-24-10-15-32-26(24)20-25)16-5-4-12-31(30(38)39-22-28(27)36)13-18-33(19-14-31)21-23-6-2-1-3-7-23/h1-3,6-10,15,20,27-28,32,35-36H,4-5,11-14,16-19,21-22H2/t27-,28+/m0/s1. The molecule has 1 spiro atoms. The zero-order chi connectivity index (χ0) is 27.2. The Morgan fingerprint density at radius 1 is 0.949 bits per heavy atom. The Balaban J connectivity index is 1.27. The molecule has 3 heterocycles. The molecular weight excluding hydrogens is 494 g/mol. The number of fused-ring (bicyclic) bond motifs is 1. The molecule has 2 aliphatic rings. The number of aliphatic hydroxyl groups excluding tert-OH is 2. The second kappa shape index (κ2) is 12.3. The lowest BCUT2D eigenvalue weighted by Gasteiger charge is -2.40. The van der Waals surface area contributed by atoms with Crippen LogP contribution in [0.4, 0.5) is 0 Å². The number of cyclic esters (lactones) is 1. The Morgan fingerprint density at radius 3 is 2.54 bits per heavy atom. The number of ether oxygens (including phenoxy) is 1. The average molecular weight is 534 g/mol. The van der Waals surface area contributed by atoms with E-state index in [-0.39, 0.29) is 24.9 Å². The number of nitrogens with one attached hydrogen (secondary N) is 1. The summed E-state index contributed by atoms with van der Waals surface area (Å²) in [4.78, 5) is 34.1. The number of rotatable bonds is 3. The molecule has 8 nitrogen and oxygen atoms in total. The first kappa shape index (κ1) is 27.4. The van der Waals surface area contributed by atoms with Gasteiger partial charge in [-0.25, -0.2) is 0 Å². The second-order valence-corrected chi connectivity index (χ2v) is 11.1. The molecule has 2 aromatic carbocycles. The lowest BCUT2D eigenvalue weighted by atomic mass is 9.74. The third-order valence-corrected chi connectivity index (χ3v) is 8.44. The number of carbonyl (C=O) groups excluding carboxylic acids is 2. The van der Waals surface area contributed by atoms with Gasteiger partial charge in [0.2, 0.25) is 0 Å². The third kappa shape index (κ3) is 6.52. The summed E-state index contributed by atoms with van der Waals surface area (Å²) in [5.74, 6) is -0.376. The van der Waals surface area contributed by atoms with Crippen molar-refractivity contribution < 1.29 is 24.5 Å². The number of esters is 1. The maximum Gasteiger partial charge on any atom is 0.312 e. The molecule has 3 aromatic rings. The summed E-state index contributed by atoms with van der Waals surface area (Å²) in [5.41, 5.74) is 2.13. The van der Waals surface area contributed by atoms with E-state index in [4.69, 9.17) is 4.74 Å². The largest absolute Gasteiger partial charge is 0.462 e. The summed E-state index contributed by atoms with van der Waals surface area (Å²) in [5, 5.41) is 22.2. The van der Waals surface area contributed by atoms with Crippen LogP contribution in [0, 0.1) is 5.41 Å². The molecule has 0 radical (unpaired) electrons. The van der Waals surface area contributed by atoms with Gasteiger partial charge in [0.1, 0.15) is 12.7 Å². The molecule has 2 saturated heterocycles. The minimum absolute atomic E-state index is 0.0979. The van der Waals surface area contributed by atoms with Crippen molar-refractivity contribution in [3.05, 3.63) is 71.9 Å². The highest BCUT2D eigenvalue weighted by atomic mass is 16.5. The molecule has 5 rings (SSSR count). The predicted molar refractivity (Wildman–Crippen MR) is 149 cm³/mol. The zero-order valence-corrected chi connectivity index (χ0v) is 22.4. The highest BCUT2D eigenvalue weighted by molar-refractivity contribution is 5.97. The van der Waals surface area contributed by atoms with E-state index in [0.717, 1.165) is 43.4 Å². The van der Waals surface area contributed by atoms with Crippen molar-refractivity contribution in [2.24, 2.45) is 5.41 Å². The van der Waals surface area contributed by atoms with E-state index in [9.17, 15) is 19.8 Å². The fourth-order valence-corrected chi connectivity index (χ4v) is 5.89. The lowest BCUT2D eigenvalue weighted by molar-refractivity contribution is -0.165. The number of benzene rings is 2. The van der Waals surface area contributed by atoms with Gasteiger partial charge in [-0.3, -0.25) is 14.5 Å². The number of nitrogens with zero attached hydrogens (tertiary/aromatic N) is 2. The summed E-state index contributed by atoms with van der Waals surface area (Å²) < 4.78 is 5.61. The van der Waals surface area contributed by atoms with E-state index in [1.54, 1.807) is 4.90 Å². The minimum Gasteiger partial charge on any atom is -0.462 e. The first-order valence-corrected chi connectivity index (χ1v) is 14.1. The summed E-state index contributed by atoms with van der Waals surface area (Å²) in [6.07, 6.45) is 3.36. The molecule has 8 heteroatoms. The lowest BCUT2D eigenvalue weighted by Crippen LogP contribution is -2.45. The van der Waals surface area contributed by atoms with Crippen molar-refractivity contribution in [3.63, 3.8) is 0 Å². The summed E-state index contributed by atoms with van der Waals surface area (Å²) in [7, 11) is 0. The van der Waals surface area contributed by atoms with E-state index in [0.29, 0.717) is 37.9 Å². The number of carbonyl (C=O) groups is 2. The van der Waals surface area contributed by atoms with Crippen molar-refractivity contribution in [2.75, 3.05) is 32.8 Å². The maximum atomic E-state index is 13.5. The number of piperidine rings is 1. The Morgan fingerprint density at radius 2 is 1.74 bits per heavy atom. The number of aromatic amines is 1.